The molecule has 11 nitrogen and oxygen atoms in total. The number of nitrogens with zero attached hydrogens (tertiary/aromatic N) is 2. The largest absolute Gasteiger partial charge is 0.444 e. The Morgan fingerprint density at radius 1 is 1.25 bits per heavy atom. The maximum Gasteiger partial charge on any atom is 0.410 e. The highest BCUT2D eigenvalue weighted by molar-refractivity contribution is 6.38. The van der Waals surface area contributed by atoms with E-state index >= 15 is 0 Å². The third-order valence-electron chi connectivity index (χ3n) is 7.77. The lowest BCUT2D eigenvalue weighted by Gasteiger charge is -2.26. The molecule has 1 spiro atoms. The average molecular weight is 559 g/mol. The Labute approximate surface area is 231 Å². The fourth-order valence-corrected chi connectivity index (χ4v) is 5.35. The first-order valence-electron chi connectivity index (χ1n) is 13.9. The predicted molar refractivity (Wildman–Crippen MR) is 140 cm³/mol. The summed E-state index contributed by atoms with van der Waals surface area (Å²) in [5.74, 6) is -2.32. The molecule has 4 aliphatic rings. The Kier molecular flexibility index (Phi) is 8.07. The molecule has 3 amide bonds. The quantitative estimate of drug-likeness (QED) is 0.443. The molecule has 3 fully saturated rings. The molecule has 0 aromatic heterocycles. The van der Waals surface area contributed by atoms with Gasteiger partial charge >= 0.3 is 6.09 Å². The minimum atomic E-state index is -1.02. The van der Waals surface area contributed by atoms with Gasteiger partial charge in [0, 0.05) is 25.3 Å². The van der Waals surface area contributed by atoms with Gasteiger partial charge in [-0.3, -0.25) is 19.3 Å². The van der Waals surface area contributed by atoms with Gasteiger partial charge in [0.05, 0.1) is 31.5 Å². The SMILES string of the molecule is CCC[C@H](NC(=O)[C@@H]1C[C@]2(CC(c3ccc(F)c(C)c3)=NO2)CN1C(=O)O[C@@H]1CCOC1)C(=O)C(=O)NC1CC1. The van der Waals surface area contributed by atoms with Crippen molar-refractivity contribution in [2.75, 3.05) is 19.8 Å². The highest BCUT2D eigenvalue weighted by Crippen LogP contribution is 2.39. The first-order chi connectivity index (χ1) is 19.2. The van der Waals surface area contributed by atoms with Crippen molar-refractivity contribution < 1.29 is 37.9 Å². The highest BCUT2D eigenvalue weighted by Gasteiger charge is 2.55. The highest BCUT2D eigenvalue weighted by atomic mass is 19.1. The second-order valence-corrected chi connectivity index (χ2v) is 11.1. The number of amides is 3. The van der Waals surface area contributed by atoms with Crippen molar-refractivity contribution in [1.82, 2.24) is 15.5 Å². The van der Waals surface area contributed by atoms with Crippen LogP contribution in [0.5, 0.6) is 0 Å². The van der Waals surface area contributed by atoms with Gasteiger partial charge in [0.15, 0.2) is 5.60 Å². The summed E-state index contributed by atoms with van der Waals surface area (Å²) in [7, 11) is 0. The van der Waals surface area contributed by atoms with Crippen molar-refractivity contribution in [2.24, 2.45) is 5.16 Å². The van der Waals surface area contributed by atoms with Crippen LogP contribution in [0.15, 0.2) is 23.4 Å². The third kappa shape index (κ3) is 6.11. The Hall–Kier alpha value is -3.54. The number of Topliss-reactive ketones (excluding diaryl/α,β-unsaturated/α-hetero) is 1. The summed E-state index contributed by atoms with van der Waals surface area (Å²) in [6.45, 7) is 4.29. The van der Waals surface area contributed by atoms with Crippen molar-refractivity contribution in [2.45, 2.75) is 88.6 Å². The number of halogens is 1. The van der Waals surface area contributed by atoms with Crippen LogP contribution in [0.1, 0.15) is 63.0 Å². The number of rotatable bonds is 9. The number of ketones is 1. The lowest BCUT2D eigenvalue weighted by molar-refractivity contribution is -0.140. The molecule has 12 heteroatoms. The van der Waals surface area contributed by atoms with Crippen LogP contribution in [0.2, 0.25) is 0 Å². The molecule has 0 unspecified atom stereocenters. The summed E-state index contributed by atoms with van der Waals surface area (Å²) in [5.41, 5.74) is 0.734. The van der Waals surface area contributed by atoms with Crippen LogP contribution in [-0.4, -0.2) is 83.9 Å². The van der Waals surface area contributed by atoms with Crippen LogP contribution in [0.4, 0.5) is 9.18 Å². The van der Waals surface area contributed by atoms with E-state index < -0.39 is 47.5 Å². The summed E-state index contributed by atoms with van der Waals surface area (Å²) in [6.07, 6.45) is 2.34. The van der Waals surface area contributed by atoms with E-state index in [0.717, 1.165) is 12.8 Å². The third-order valence-corrected chi connectivity index (χ3v) is 7.77. The molecule has 40 heavy (non-hydrogen) atoms. The van der Waals surface area contributed by atoms with Gasteiger partial charge in [-0.1, -0.05) is 24.6 Å². The topological polar surface area (TPSA) is 136 Å². The van der Waals surface area contributed by atoms with Crippen LogP contribution in [0, 0.1) is 12.7 Å². The van der Waals surface area contributed by atoms with E-state index in [9.17, 15) is 23.6 Å². The Morgan fingerprint density at radius 3 is 2.73 bits per heavy atom. The number of carbonyl (C=O) groups is 4. The van der Waals surface area contributed by atoms with Gasteiger partial charge in [0.2, 0.25) is 11.7 Å². The first kappa shape index (κ1) is 28.0. The zero-order valence-electron chi connectivity index (χ0n) is 22.7. The van der Waals surface area contributed by atoms with Gasteiger partial charge < -0.3 is 24.9 Å². The van der Waals surface area contributed by atoms with Crippen molar-refractivity contribution in [3.8, 4) is 0 Å². The van der Waals surface area contributed by atoms with Crippen molar-refractivity contribution in [3.05, 3.63) is 35.1 Å². The molecule has 5 rings (SSSR count). The molecule has 1 aliphatic carbocycles. The molecule has 1 aromatic carbocycles. The number of hydrogen-bond acceptors (Lipinski definition) is 8. The number of aryl methyl sites for hydroxylation is 1. The monoisotopic (exact) mass is 558 g/mol. The maximum atomic E-state index is 13.8. The molecule has 3 heterocycles. The molecule has 4 atom stereocenters. The summed E-state index contributed by atoms with van der Waals surface area (Å²) in [6, 6.07) is 2.62. The first-order valence-corrected chi connectivity index (χ1v) is 13.9. The normalized spacial score (nSPS) is 26.3. The fourth-order valence-electron chi connectivity index (χ4n) is 5.35. The number of benzene rings is 1. The van der Waals surface area contributed by atoms with Gasteiger partial charge in [0.25, 0.3) is 5.91 Å². The molecular weight excluding hydrogens is 523 g/mol. The Balaban J connectivity index is 1.32. The van der Waals surface area contributed by atoms with E-state index in [1.54, 1.807) is 19.1 Å². The molecule has 216 valence electrons. The lowest BCUT2D eigenvalue weighted by atomic mass is 9.91. The van der Waals surface area contributed by atoms with E-state index in [1.165, 1.54) is 11.0 Å². The summed E-state index contributed by atoms with van der Waals surface area (Å²) < 4.78 is 24.8. The smallest absolute Gasteiger partial charge is 0.410 e. The summed E-state index contributed by atoms with van der Waals surface area (Å²) in [4.78, 5) is 59.4. The zero-order valence-corrected chi connectivity index (χ0v) is 22.7. The Morgan fingerprint density at radius 2 is 2.05 bits per heavy atom. The van der Waals surface area contributed by atoms with Crippen LogP contribution in [0.25, 0.3) is 0 Å². The van der Waals surface area contributed by atoms with Gasteiger partial charge in [-0.15, -0.1) is 0 Å². The van der Waals surface area contributed by atoms with Gasteiger partial charge in [-0.05, 0) is 49.4 Å². The minimum absolute atomic E-state index is 0.00699. The molecular formula is C28H35FN4O7. The van der Waals surface area contributed by atoms with Crippen molar-refractivity contribution >= 4 is 29.4 Å². The molecule has 1 aromatic rings. The van der Waals surface area contributed by atoms with Crippen LogP contribution < -0.4 is 10.6 Å². The second-order valence-electron chi connectivity index (χ2n) is 11.1. The average Bonchev–Trinajstić information content (AvgIpc) is 3.30. The summed E-state index contributed by atoms with van der Waals surface area (Å²) >= 11 is 0. The summed E-state index contributed by atoms with van der Waals surface area (Å²) in [5, 5.41) is 9.63. The lowest BCUT2D eigenvalue weighted by Crippen LogP contribution is -2.53. The standard InChI is InChI=1S/C28H35FN4O7/c1-3-4-21(24(34)26(36)30-18-6-7-18)31-25(35)23-13-28(15-33(23)27(37)39-19-9-10-38-14-19)12-22(32-40-28)17-5-8-20(29)16(2)11-17/h5,8,11,18-19,21,23H,3-4,6-7,9-10,12-15H2,1-2H3,(H,30,36)(H,31,35)/t19-,21+,23+,28-/m1/s1. The predicted octanol–water partition coefficient (Wildman–Crippen LogP) is 2.13. The van der Waals surface area contributed by atoms with Crippen LogP contribution in [-0.2, 0) is 28.7 Å². The van der Waals surface area contributed by atoms with Gasteiger partial charge in [0.1, 0.15) is 18.0 Å². The number of carbonyl (C=O) groups excluding carboxylic acids is 4. The number of hydrogen-bond donors (Lipinski definition) is 2. The Bertz CT molecular complexity index is 1210. The van der Waals surface area contributed by atoms with Gasteiger partial charge in [-0.25, -0.2) is 9.18 Å². The van der Waals surface area contributed by atoms with Crippen molar-refractivity contribution in [1.29, 1.82) is 0 Å². The van der Waals surface area contributed by atoms with E-state index in [4.69, 9.17) is 14.3 Å². The van der Waals surface area contributed by atoms with Crippen LogP contribution >= 0.6 is 0 Å². The maximum absolute atomic E-state index is 13.8. The van der Waals surface area contributed by atoms with E-state index in [0.29, 0.717) is 42.7 Å². The van der Waals surface area contributed by atoms with E-state index in [1.807, 2.05) is 6.92 Å². The molecule has 2 saturated heterocycles. The molecule has 2 N–H and O–H groups in total. The van der Waals surface area contributed by atoms with Crippen LogP contribution in [0.3, 0.4) is 0 Å². The molecule has 3 aliphatic heterocycles. The van der Waals surface area contributed by atoms with Gasteiger partial charge in [-0.2, -0.15) is 0 Å². The number of oxime groups is 1. The minimum Gasteiger partial charge on any atom is -0.444 e. The number of likely N-dealkylation sites (tertiary alicyclic amines) is 1. The molecule has 0 radical (unpaired) electrons. The fraction of sp³-hybridized carbons (Fsp3) is 0.607. The molecule has 1 saturated carbocycles. The van der Waals surface area contributed by atoms with Crippen molar-refractivity contribution in [3.63, 3.8) is 0 Å². The molecule has 0 bridgehead atoms. The van der Waals surface area contributed by atoms with E-state index in [2.05, 4.69) is 15.8 Å². The zero-order chi connectivity index (χ0) is 28.4. The second kappa shape index (κ2) is 11.5. The number of ether oxygens (including phenoxy) is 2. The number of nitrogens with one attached hydrogen (secondary N) is 2. The van der Waals surface area contributed by atoms with E-state index in [-0.39, 0.29) is 37.9 Å².